The van der Waals surface area contributed by atoms with Crippen molar-refractivity contribution in [3.05, 3.63) is 46.2 Å². The summed E-state index contributed by atoms with van der Waals surface area (Å²) in [5.74, 6) is 0.771. The maximum absolute atomic E-state index is 12.0. The monoisotopic (exact) mass is 353 g/mol. The van der Waals surface area contributed by atoms with E-state index in [-0.39, 0.29) is 18.3 Å². The summed E-state index contributed by atoms with van der Waals surface area (Å²) in [6, 6.07) is 9.05. The minimum Gasteiger partial charge on any atom is -0.493 e. The van der Waals surface area contributed by atoms with Crippen molar-refractivity contribution in [1.82, 2.24) is 5.32 Å². The van der Waals surface area contributed by atoms with Crippen LogP contribution >= 0.6 is 23.7 Å². The third-order valence-corrected chi connectivity index (χ3v) is 3.81. The van der Waals surface area contributed by atoms with Gasteiger partial charge in [-0.25, -0.2) is 4.99 Å². The highest BCUT2D eigenvalue weighted by Gasteiger charge is 2.12. The van der Waals surface area contributed by atoms with E-state index in [4.69, 9.17) is 10.5 Å². The van der Waals surface area contributed by atoms with Gasteiger partial charge < -0.3 is 15.8 Å². The first-order valence-electron chi connectivity index (χ1n) is 7.02. The summed E-state index contributed by atoms with van der Waals surface area (Å²) in [5, 5.41) is 4.55. The van der Waals surface area contributed by atoms with E-state index in [9.17, 15) is 4.79 Å². The maximum Gasteiger partial charge on any atom is 0.254 e. The Morgan fingerprint density at radius 2 is 2.17 bits per heavy atom. The predicted molar refractivity (Wildman–Crippen MR) is 97.6 cm³/mol. The van der Waals surface area contributed by atoms with E-state index in [0.29, 0.717) is 29.4 Å². The number of nitrogens with one attached hydrogen (secondary N) is 1. The molecule has 0 fully saturated rings. The van der Waals surface area contributed by atoms with Crippen LogP contribution in [0.4, 0.5) is 5.69 Å². The summed E-state index contributed by atoms with van der Waals surface area (Å²) in [6.07, 6.45) is 0.873. The lowest BCUT2D eigenvalue weighted by Crippen LogP contribution is -2.19. The molecule has 2 rings (SSSR count). The van der Waals surface area contributed by atoms with Crippen LogP contribution in [0.5, 0.6) is 5.75 Å². The van der Waals surface area contributed by atoms with Crippen molar-refractivity contribution in [2.75, 3.05) is 13.7 Å². The van der Waals surface area contributed by atoms with Crippen molar-refractivity contribution in [2.45, 2.75) is 13.3 Å². The van der Waals surface area contributed by atoms with Gasteiger partial charge in [-0.3, -0.25) is 4.79 Å². The Morgan fingerprint density at radius 1 is 1.39 bits per heavy atom. The van der Waals surface area contributed by atoms with Gasteiger partial charge in [0.25, 0.3) is 5.91 Å². The summed E-state index contributed by atoms with van der Waals surface area (Å²) in [5.41, 5.74) is 7.05. The summed E-state index contributed by atoms with van der Waals surface area (Å²) in [7, 11) is 1.59. The fourth-order valence-electron chi connectivity index (χ4n) is 1.86. The van der Waals surface area contributed by atoms with E-state index in [0.717, 1.165) is 11.3 Å². The van der Waals surface area contributed by atoms with Crippen molar-refractivity contribution in [1.29, 1.82) is 0 Å². The van der Waals surface area contributed by atoms with Gasteiger partial charge in [0.05, 0.1) is 22.7 Å². The second kappa shape index (κ2) is 9.17. The van der Waals surface area contributed by atoms with E-state index in [1.54, 1.807) is 25.2 Å². The first-order chi connectivity index (χ1) is 10.7. The van der Waals surface area contributed by atoms with Gasteiger partial charge in [-0.05, 0) is 36.1 Å². The summed E-state index contributed by atoms with van der Waals surface area (Å²) in [4.78, 5) is 17.3. The average Bonchev–Trinajstić information content (AvgIpc) is 3.07. The molecule has 2 aromatic rings. The Kier molecular flexibility index (Phi) is 7.57. The van der Waals surface area contributed by atoms with Crippen LogP contribution in [-0.4, -0.2) is 25.4 Å². The minimum atomic E-state index is -0.210. The van der Waals surface area contributed by atoms with Gasteiger partial charge in [-0.15, -0.1) is 23.7 Å². The number of carbonyl (C=O) groups is 1. The minimum absolute atomic E-state index is 0. The van der Waals surface area contributed by atoms with Gasteiger partial charge in [0.1, 0.15) is 11.6 Å². The first-order valence-corrected chi connectivity index (χ1v) is 7.90. The van der Waals surface area contributed by atoms with Crippen LogP contribution in [0.1, 0.15) is 28.6 Å². The highest BCUT2D eigenvalue weighted by molar-refractivity contribution is 7.12. The SMILES string of the molecule is CCCOc1ccc(N=C(N)c2cccs2)cc1C(=O)NC.Cl. The third-order valence-electron chi connectivity index (χ3n) is 2.92. The number of nitrogens with zero attached hydrogens (tertiary/aromatic N) is 1. The predicted octanol–water partition coefficient (Wildman–Crippen LogP) is 3.36. The number of halogens is 1. The normalized spacial score (nSPS) is 10.8. The molecule has 1 heterocycles. The molecule has 5 nitrogen and oxygen atoms in total. The van der Waals surface area contributed by atoms with Gasteiger partial charge >= 0.3 is 0 Å². The molecule has 0 aliphatic heterocycles. The Hall–Kier alpha value is -2.05. The molecule has 3 N–H and O–H groups in total. The second-order valence-corrected chi connectivity index (χ2v) is 5.53. The van der Waals surface area contributed by atoms with E-state index < -0.39 is 0 Å². The van der Waals surface area contributed by atoms with Crippen LogP contribution in [0, 0.1) is 0 Å². The van der Waals surface area contributed by atoms with Crippen molar-refractivity contribution < 1.29 is 9.53 Å². The Bertz CT molecular complexity index is 672. The number of nitrogens with two attached hydrogens (primary N) is 1. The van der Waals surface area contributed by atoms with Crippen LogP contribution in [0.2, 0.25) is 0 Å². The van der Waals surface area contributed by atoms with Crippen molar-refractivity contribution >= 4 is 41.2 Å². The molecule has 0 unspecified atom stereocenters. The molecule has 0 saturated heterocycles. The fraction of sp³-hybridized carbons (Fsp3) is 0.250. The number of amides is 1. The van der Waals surface area contributed by atoms with Crippen LogP contribution in [-0.2, 0) is 0 Å². The molecule has 124 valence electrons. The molecular weight excluding hydrogens is 334 g/mol. The van der Waals surface area contributed by atoms with Gasteiger partial charge in [0.15, 0.2) is 0 Å². The average molecular weight is 354 g/mol. The molecule has 1 amide bonds. The summed E-state index contributed by atoms with van der Waals surface area (Å²) < 4.78 is 5.60. The van der Waals surface area contributed by atoms with Gasteiger partial charge in [-0.1, -0.05) is 13.0 Å². The zero-order valence-corrected chi connectivity index (χ0v) is 14.7. The fourth-order valence-corrected chi connectivity index (χ4v) is 2.48. The molecule has 0 aliphatic rings. The number of hydrogen-bond acceptors (Lipinski definition) is 4. The zero-order chi connectivity index (χ0) is 15.9. The van der Waals surface area contributed by atoms with E-state index in [1.165, 1.54) is 11.3 Å². The first kappa shape index (κ1) is 19.0. The third kappa shape index (κ3) is 4.97. The number of benzene rings is 1. The van der Waals surface area contributed by atoms with Gasteiger partial charge in [0.2, 0.25) is 0 Å². The molecule has 0 bridgehead atoms. The van der Waals surface area contributed by atoms with Crippen molar-refractivity contribution in [3.8, 4) is 5.75 Å². The topological polar surface area (TPSA) is 76.7 Å². The number of ether oxygens (including phenoxy) is 1. The molecule has 0 spiro atoms. The van der Waals surface area contributed by atoms with E-state index in [2.05, 4.69) is 10.3 Å². The lowest BCUT2D eigenvalue weighted by atomic mass is 10.1. The highest BCUT2D eigenvalue weighted by atomic mass is 35.5. The molecular formula is C16H20ClN3O2S. The van der Waals surface area contributed by atoms with Crippen LogP contribution in [0.25, 0.3) is 0 Å². The van der Waals surface area contributed by atoms with Crippen LogP contribution in [0.3, 0.4) is 0 Å². The number of aliphatic imine (C=N–C) groups is 1. The zero-order valence-electron chi connectivity index (χ0n) is 13.0. The molecule has 7 heteroatoms. The maximum atomic E-state index is 12.0. The number of thiophene rings is 1. The molecule has 1 aromatic carbocycles. The number of carbonyl (C=O) groups excluding carboxylic acids is 1. The van der Waals surface area contributed by atoms with Crippen LogP contribution in [0.15, 0.2) is 40.7 Å². The molecule has 0 atom stereocenters. The number of hydrogen-bond donors (Lipinski definition) is 2. The number of amidine groups is 1. The Morgan fingerprint density at radius 3 is 2.78 bits per heavy atom. The molecule has 23 heavy (non-hydrogen) atoms. The summed E-state index contributed by atoms with van der Waals surface area (Å²) >= 11 is 1.52. The second-order valence-electron chi connectivity index (χ2n) is 4.58. The summed E-state index contributed by atoms with van der Waals surface area (Å²) in [6.45, 7) is 2.57. The Balaban J connectivity index is 0.00000264. The van der Waals surface area contributed by atoms with Gasteiger partial charge in [-0.2, -0.15) is 0 Å². The van der Waals surface area contributed by atoms with Crippen LogP contribution < -0.4 is 15.8 Å². The lowest BCUT2D eigenvalue weighted by Gasteiger charge is -2.10. The lowest BCUT2D eigenvalue weighted by molar-refractivity contribution is 0.0959. The number of rotatable bonds is 6. The van der Waals surface area contributed by atoms with E-state index >= 15 is 0 Å². The van der Waals surface area contributed by atoms with Gasteiger partial charge in [0, 0.05) is 7.05 Å². The Labute approximate surface area is 146 Å². The molecule has 0 aliphatic carbocycles. The van der Waals surface area contributed by atoms with E-state index in [1.807, 2.05) is 24.4 Å². The van der Waals surface area contributed by atoms with Crippen molar-refractivity contribution in [3.63, 3.8) is 0 Å². The van der Waals surface area contributed by atoms with Crippen molar-refractivity contribution in [2.24, 2.45) is 10.7 Å². The molecule has 0 saturated carbocycles. The quantitative estimate of drug-likeness (QED) is 0.617. The molecule has 1 aromatic heterocycles. The smallest absolute Gasteiger partial charge is 0.254 e. The standard InChI is InChI=1S/C16H19N3O2S.ClH/c1-3-8-21-13-7-6-11(10-12(13)16(20)18-2)19-15(17)14-5-4-9-22-14;/h4-7,9-10H,3,8H2,1-2H3,(H2,17,19)(H,18,20);1H. The highest BCUT2D eigenvalue weighted by Crippen LogP contribution is 2.25. The largest absolute Gasteiger partial charge is 0.493 e. The molecule has 0 radical (unpaired) electrons.